The third kappa shape index (κ3) is 2.07. The molecule has 0 aliphatic heterocycles. The van der Waals surface area contributed by atoms with Crippen molar-refractivity contribution in [2.75, 3.05) is 0 Å². The van der Waals surface area contributed by atoms with Gasteiger partial charge in [-0.25, -0.2) is 8.78 Å². The zero-order valence-electron chi connectivity index (χ0n) is 8.60. The lowest BCUT2D eigenvalue weighted by molar-refractivity contribution is 0.585. The minimum atomic E-state index is -0.584. The highest BCUT2D eigenvalue weighted by molar-refractivity contribution is 6.31. The summed E-state index contributed by atoms with van der Waals surface area (Å²) >= 11 is 5.95. The number of aryl methyl sites for hydroxylation is 1. The summed E-state index contributed by atoms with van der Waals surface area (Å²) < 4.78 is 26.2. The molecule has 2 aromatic rings. The van der Waals surface area contributed by atoms with Crippen LogP contribution in [0.25, 0.3) is 11.1 Å². The van der Waals surface area contributed by atoms with Gasteiger partial charge in [-0.2, -0.15) is 0 Å². The van der Waals surface area contributed by atoms with Crippen molar-refractivity contribution in [3.8, 4) is 11.1 Å². The van der Waals surface area contributed by atoms with Gasteiger partial charge in [0.1, 0.15) is 11.6 Å². The first-order valence-corrected chi connectivity index (χ1v) is 5.17. The topological polar surface area (TPSA) is 0 Å². The molecule has 2 aromatic carbocycles. The summed E-state index contributed by atoms with van der Waals surface area (Å²) in [4.78, 5) is 0. The first-order chi connectivity index (χ1) is 7.58. The maximum atomic E-state index is 13.5. The van der Waals surface area contributed by atoms with Gasteiger partial charge in [-0.05, 0) is 36.2 Å². The largest absolute Gasteiger partial charge is 0.207 e. The Kier molecular flexibility index (Phi) is 2.92. The molecule has 0 saturated heterocycles. The van der Waals surface area contributed by atoms with Crippen LogP contribution in [0.4, 0.5) is 8.78 Å². The fraction of sp³-hybridized carbons (Fsp3) is 0.0769. The van der Waals surface area contributed by atoms with E-state index in [0.29, 0.717) is 16.1 Å². The second-order valence-electron chi connectivity index (χ2n) is 3.59. The summed E-state index contributed by atoms with van der Waals surface area (Å²) in [6.07, 6.45) is 0. The standard InChI is InChI=1S/C13H9ClF2/c1-8-2-3-9(6-12(8)14)11-5-4-10(15)7-13(11)16/h2-7H,1H3. The van der Waals surface area contributed by atoms with Crippen molar-refractivity contribution in [1.82, 2.24) is 0 Å². The molecule has 16 heavy (non-hydrogen) atoms. The van der Waals surface area contributed by atoms with Gasteiger partial charge in [-0.15, -0.1) is 0 Å². The fourth-order valence-electron chi connectivity index (χ4n) is 1.48. The van der Waals surface area contributed by atoms with Crippen LogP contribution in [0.15, 0.2) is 36.4 Å². The van der Waals surface area contributed by atoms with Crippen LogP contribution in [-0.4, -0.2) is 0 Å². The molecule has 0 saturated carbocycles. The minimum Gasteiger partial charge on any atom is -0.207 e. The lowest BCUT2D eigenvalue weighted by Crippen LogP contribution is -1.87. The Labute approximate surface area is 97.5 Å². The Balaban J connectivity index is 2.54. The van der Waals surface area contributed by atoms with E-state index >= 15 is 0 Å². The molecule has 0 N–H and O–H groups in total. The van der Waals surface area contributed by atoms with Gasteiger partial charge in [0.2, 0.25) is 0 Å². The van der Waals surface area contributed by atoms with E-state index in [1.54, 1.807) is 18.2 Å². The summed E-state index contributed by atoms with van der Waals surface area (Å²) in [6.45, 7) is 1.87. The van der Waals surface area contributed by atoms with Crippen LogP contribution < -0.4 is 0 Å². The molecule has 0 fully saturated rings. The second-order valence-corrected chi connectivity index (χ2v) is 4.00. The van der Waals surface area contributed by atoms with Gasteiger partial charge in [0.15, 0.2) is 0 Å². The molecule has 0 amide bonds. The highest BCUT2D eigenvalue weighted by Gasteiger charge is 2.07. The SMILES string of the molecule is Cc1ccc(-c2ccc(F)cc2F)cc1Cl. The van der Waals surface area contributed by atoms with Crippen molar-refractivity contribution in [2.45, 2.75) is 6.92 Å². The Morgan fingerprint density at radius 3 is 2.38 bits per heavy atom. The Morgan fingerprint density at radius 2 is 1.75 bits per heavy atom. The van der Waals surface area contributed by atoms with Gasteiger partial charge >= 0.3 is 0 Å². The lowest BCUT2D eigenvalue weighted by atomic mass is 10.0. The highest BCUT2D eigenvalue weighted by Crippen LogP contribution is 2.27. The van der Waals surface area contributed by atoms with Crippen molar-refractivity contribution >= 4 is 11.6 Å². The molecule has 0 aliphatic carbocycles. The zero-order valence-corrected chi connectivity index (χ0v) is 9.35. The van der Waals surface area contributed by atoms with Crippen molar-refractivity contribution in [2.24, 2.45) is 0 Å². The molecule has 0 radical (unpaired) electrons. The molecular weight excluding hydrogens is 230 g/mol. The Bertz CT molecular complexity index is 535. The molecule has 0 heterocycles. The molecule has 0 aliphatic rings. The van der Waals surface area contributed by atoms with Gasteiger partial charge in [0, 0.05) is 16.7 Å². The van der Waals surface area contributed by atoms with Crippen LogP contribution in [0.1, 0.15) is 5.56 Å². The van der Waals surface area contributed by atoms with Crippen molar-refractivity contribution in [3.63, 3.8) is 0 Å². The molecular formula is C13H9ClF2. The van der Waals surface area contributed by atoms with E-state index in [9.17, 15) is 8.78 Å². The number of rotatable bonds is 1. The van der Waals surface area contributed by atoms with Crippen LogP contribution in [0.3, 0.4) is 0 Å². The van der Waals surface area contributed by atoms with Crippen molar-refractivity contribution < 1.29 is 8.78 Å². The molecule has 0 aromatic heterocycles. The van der Waals surface area contributed by atoms with E-state index in [1.165, 1.54) is 12.1 Å². The maximum absolute atomic E-state index is 13.5. The average molecular weight is 239 g/mol. The Hall–Kier alpha value is -1.41. The molecule has 0 bridgehead atoms. The second kappa shape index (κ2) is 4.22. The molecule has 3 heteroatoms. The predicted molar refractivity (Wildman–Crippen MR) is 61.5 cm³/mol. The number of hydrogen-bond acceptors (Lipinski definition) is 0. The average Bonchev–Trinajstić information content (AvgIpc) is 2.22. The van der Waals surface area contributed by atoms with Gasteiger partial charge < -0.3 is 0 Å². The zero-order chi connectivity index (χ0) is 11.7. The smallest absolute Gasteiger partial charge is 0.133 e. The van der Waals surface area contributed by atoms with Gasteiger partial charge in [-0.3, -0.25) is 0 Å². The molecule has 0 unspecified atom stereocenters. The molecule has 82 valence electrons. The van der Waals surface area contributed by atoms with Crippen LogP contribution in [0.2, 0.25) is 5.02 Å². The summed E-state index contributed by atoms with van der Waals surface area (Å²) in [5, 5.41) is 0.571. The van der Waals surface area contributed by atoms with Crippen molar-refractivity contribution in [3.05, 3.63) is 58.6 Å². The van der Waals surface area contributed by atoms with E-state index in [-0.39, 0.29) is 0 Å². The van der Waals surface area contributed by atoms with E-state index in [0.717, 1.165) is 11.6 Å². The monoisotopic (exact) mass is 238 g/mol. The lowest BCUT2D eigenvalue weighted by Gasteiger charge is -2.05. The molecule has 2 rings (SSSR count). The van der Waals surface area contributed by atoms with E-state index in [1.807, 2.05) is 6.92 Å². The first kappa shape index (κ1) is 11.1. The van der Waals surface area contributed by atoms with Crippen LogP contribution >= 0.6 is 11.6 Å². The first-order valence-electron chi connectivity index (χ1n) is 4.79. The van der Waals surface area contributed by atoms with Crippen LogP contribution in [0.5, 0.6) is 0 Å². The summed E-state index contributed by atoms with van der Waals surface area (Å²) in [5.74, 6) is -1.17. The summed E-state index contributed by atoms with van der Waals surface area (Å²) in [7, 11) is 0. The third-order valence-corrected chi connectivity index (χ3v) is 2.82. The molecule has 0 atom stereocenters. The normalized spacial score (nSPS) is 10.5. The number of hydrogen-bond donors (Lipinski definition) is 0. The Morgan fingerprint density at radius 1 is 1.00 bits per heavy atom. The number of halogens is 3. The van der Waals surface area contributed by atoms with Crippen molar-refractivity contribution in [1.29, 1.82) is 0 Å². The number of benzene rings is 2. The van der Waals surface area contributed by atoms with Gasteiger partial charge in [0.05, 0.1) is 0 Å². The quantitative estimate of drug-likeness (QED) is 0.682. The van der Waals surface area contributed by atoms with E-state index in [4.69, 9.17) is 11.6 Å². The predicted octanol–water partition coefficient (Wildman–Crippen LogP) is 4.59. The highest BCUT2D eigenvalue weighted by atomic mass is 35.5. The summed E-state index contributed by atoms with van der Waals surface area (Å²) in [5.41, 5.74) is 1.92. The maximum Gasteiger partial charge on any atom is 0.133 e. The minimum absolute atomic E-state index is 0.350. The molecule has 0 spiro atoms. The molecule has 0 nitrogen and oxygen atoms in total. The third-order valence-electron chi connectivity index (χ3n) is 2.41. The fourth-order valence-corrected chi connectivity index (χ4v) is 1.66. The van der Waals surface area contributed by atoms with E-state index in [2.05, 4.69) is 0 Å². The van der Waals surface area contributed by atoms with Crippen LogP contribution in [-0.2, 0) is 0 Å². The summed E-state index contributed by atoms with van der Waals surface area (Å²) in [6, 6.07) is 8.74. The van der Waals surface area contributed by atoms with E-state index < -0.39 is 11.6 Å². The van der Waals surface area contributed by atoms with Crippen LogP contribution in [0, 0.1) is 18.6 Å². The van der Waals surface area contributed by atoms with Gasteiger partial charge in [-0.1, -0.05) is 23.7 Å². The van der Waals surface area contributed by atoms with Gasteiger partial charge in [0.25, 0.3) is 0 Å².